The van der Waals surface area contributed by atoms with Gasteiger partial charge in [0.1, 0.15) is 5.75 Å². The number of amides is 1. The molecule has 3 rings (SSSR count). The molecule has 0 spiro atoms. The van der Waals surface area contributed by atoms with Crippen molar-refractivity contribution in [3.05, 3.63) is 71.5 Å². The van der Waals surface area contributed by atoms with Gasteiger partial charge in [0.05, 0.1) is 28.5 Å². The number of thioether (sulfide) groups is 1. The average Bonchev–Trinajstić information content (AvgIpc) is 2.97. The maximum absolute atomic E-state index is 12.3. The van der Waals surface area contributed by atoms with Gasteiger partial charge in [0, 0.05) is 5.75 Å². The van der Waals surface area contributed by atoms with Gasteiger partial charge in [-0.2, -0.15) is 5.10 Å². The van der Waals surface area contributed by atoms with Gasteiger partial charge in [-0.1, -0.05) is 30.3 Å². The van der Waals surface area contributed by atoms with Crippen LogP contribution in [0, 0.1) is 13.8 Å². The van der Waals surface area contributed by atoms with Gasteiger partial charge in [0.2, 0.25) is 5.91 Å². The summed E-state index contributed by atoms with van der Waals surface area (Å²) < 4.78 is 42.2. The van der Waals surface area contributed by atoms with E-state index in [1.54, 1.807) is 16.8 Å². The zero-order valence-corrected chi connectivity index (χ0v) is 17.2. The molecular weight excluding hydrogens is 415 g/mol. The highest BCUT2D eigenvalue weighted by molar-refractivity contribution is 7.99. The number of halogens is 3. The lowest BCUT2D eigenvalue weighted by molar-refractivity contribution is -0.274. The van der Waals surface area contributed by atoms with Gasteiger partial charge in [0.25, 0.3) is 0 Å². The summed E-state index contributed by atoms with van der Waals surface area (Å²) in [6, 6.07) is 15.2. The molecule has 5 nitrogen and oxygen atoms in total. The van der Waals surface area contributed by atoms with E-state index < -0.39 is 6.36 Å². The number of alkyl halides is 3. The molecule has 1 amide bonds. The fourth-order valence-electron chi connectivity index (χ4n) is 2.87. The van der Waals surface area contributed by atoms with Crippen molar-refractivity contribution in [1.82, 2.24) is 9.78 Å². The molecule has 9 heteroatoms. The molecular formula is C21H20F3N3O2S. The zero-order valence-electron chi connectivity index (χ0n) is 16.4. The standard InChI is InChI=1S/C21H20F3N3O2S/c1-14-20(15(2)27(26-14)17-6-4-3-5-7-17)25-19(28)13-30-12-16-8-10-18(11-9-16)29-21(22,23)24/h3-11H,12-13H2,1-2H3,(H,25,28). The van der Waals surface area contributed by atoms with Crippen LogP contribution in [0.2, 0.25) is 0 Å². The van der Waals surface area contributed by atoms with Crippen molar-refractivity contribution in [1.29, 1.82) is 0 Å². The first-order valence-electron chi connectivity index (χ1n) is 9.07. The highest BCUT2D eigenvalue weighted by Crippen LogP contribution is 2.25. The van der Waals surface area contributed by atoms with E-state index in [-0.39, 0.29) is 17.4 Å². The summed E-state index contributed by atoms with van der Waals surface area (Å²) in [6.45, 7) is 3.72. The fraction of sp³-hybridized carbons (Fsp3) is 0.238. The minimum Gasteiger partial charge on any atom is -0.406 e. The number of para-hydroxylation sites is 1. The van der Waals surface area contributed by atoms with E-state index in [9.17, 15) is 18.0 Å². The SMILES string of the molecule is Cc1nn(-c2ccccc2)c(C)c1NC(=O)CSCc1ccc(OC(F)(F)F)cc1. The Hall–Kier alpha value is -2.94. The van der Waals surface area contributed by atoms with Crippen LogP contribution in [0.4, 0.5) is 18.9 Å². The Bertz CT molecular complexity index is 1000. The third-order valence-corrected chi connectivity index (χ3v) is 5.22. The number of hydrogen-bond acceptors (Lipinski definition) is 4. The average molecular weight is 435 g/mol. The Balaban J connectivity index is 1.54. The van der Waals surface area contributed by atoms with Crippen LogP contribution in [0.5, 0.6) is 5.75 Å². The lowest BCUT2D eigenvalue weighted by atomic mass is 10.2. The van der Waals surface area contributed by atoms with E-state index in [2.05, 4.69) is 15.2 Å². The van der Waals surface area contributed by atoms with Crippen LogP contribution >= 0.6 is 11.8 Å². The van der Waals surface area contributed by atoms with Crippen molar-refractivity contribution in [3.63, 3.8) is 0 Å². The number of aromatic nitrogens is 2. The van der Waals surface area contributed by atoms with Gasteiger partial charge < -0.3 is 10.1 Å². The molecule has 0 fully saturated rings. The van der Waals surface area contributed by atoms with Gasteiger partial charge in [-0.15, -0.1) is 24.9 Å². The molecule has 2 aromatic carbocycles. The summed E-state index contributed by atoms with van der Waals surface area (Å²) in [4.78, 5) is 12.3. The molecule has 3 aromatic rings. The second-order valence-corrected chi connectivity index (χ2v) is 7.51. The van der Waals surface area contributed by atoms with Crippen molar-refractivity contribution < 1.29 is 22.7 Å². The Morgan fingerprint density at radius 3 is 2.40 bits per heavy atom. The summed E-state index contributed by atoms with van der Waals surface area (Å²) >= 11 is 1.37. The number of aryl methyl sites for hydroxylation is 1. The zero-order chi connectivity index (χ0) is 21.7. The first-order chi connectivity index (χ1) is 14.2. The van der Waals surface area contributed by atoms with Gasteiger partial charge in [-0.25, -0.2) is 4.68 Å². The smallest absolute Gasteiger partial charge is 0.406 e. The van der Waals surface area contributed by atoms with Crippen LogP contribution in [-0.4, -0.2) is 27.8 Å². The minimum atomic E-state index is -4.71. The lowest BCUT2D eigenvalue weighted by Crippen LogP contribution is -2.17. The van der Waals surface area contributed by atoms with Crippen LogP contribution in [0.1, 0.15) is 17.0 Å². The molecule has 0 aliphatic heterocycles. The number of nitrogens with zero attached hydrogens (tertiary/aromatic N) is 2. The van der Waals surface area contributed by atoms with Gasteiger partial charge in [-0.3, -0.25) is 4.79 Å². The molecule has 1 N–H and O–H groups in total. The van der Waals surface area contributed by atoms with E-state index >= 15 is 0 Å². The predicted molar refractivity (Wildman–Crippen MR) is 111 cm³/mol. The van der Waals surface area contributed by atoms with Crippen LogP contribution in [0.15, 0.2) is 54.6 Å². The van der Waals surface area contributed by atoms with Crippen LogP contribution in [-0.2, 0) is 10.5 Å². The molecule has 0 saturated heterocycles. The van der Waals surface area contributed by atoms with Crippen molar-refractivity contribution in [3.8, 4) is 11.4 Å². The van der Waals surface area contributed by atoms with Gasteiger partial charge >= 0.3 is 6.36 Å². The maximum atomic E-state index is 12.3. The third-order valence-electron chi connectivity index (χ3n) is 4.22. The van der Waals surface area contributed by atoms with E-state index in [0.29, 0.717) is 11.4 Å². The second kappa shape index (κ2) is 9.25. The molecule has 158 valence electrons. The molecule has 0 aliphatic rings. The van der Waals surface area contributed by atoms with Gasteiger partial charge in [-0.05, 0) is 43.7 Å². The van der Waals surface area contributed by atoms with Crippen LogP contribution in [0.25, 0.3) is 5.69 Å². The first-order valence-corrected chi connectivity index (χ1v) is 10.2. The fourth-order valence-corrected chi connectivity index (χ4v) is 3.66. The van der Waals surface area contributed by atoms with Gasteiger partial charge in [0.15, 0.2) is 0 Å². The Morgan fingerprint density at radius 2 is 1.77 bits per heavy atom. The Kier molecular flexibility index (Phi) is 6.71. The molecule has 1 aromatic heterocycles. The van der Waals surface area contributed by atoms with Crippen molar-refractivity contribution in [2.75, 3.05) is 11.1 Å². The second-order valence-electron chi connectivity index (χ2n) is 6.53. The number of nitrogens with one attached hydrogen (secondary N) is 1. The Labute approximate surface area is 176 Å². The third kappa shape index (κ3) is 5.79. The van der Waals surface area contributed by atoms with Crippen molar-refractivity contribution >= 4 is 23.4 Å². The van der Waals surface area contributed by atoms with Crippen molar-refractivity contribution in [2.45, 2.75) is 26.0 Å². The molecule has 0 bridgehead atoms. The highest BCUT2D eigenvalue weighted by Gasteiger charge is 2.30. The molecule has 0 aliphatic carbocycles. The number of anilines is 1. The summed E-state index contributed by atoms with van der Waals surface area (Å²) in [5, 5.41) is 7.40. The maximum Gasteiger partial charge on any atom is 0.573 e. The van der Waals surface area contributed by atoms with E-state index in [1.165, 1.54) is 23.9 Å². The Morgan fingerprint density at radius 1 is 1.10 bits per heavy atom. The highest BCUT2D eigenvalue weighted by atomic mass is 32.2. The molecule has 0 atom stereocenters. The summed E-state index contributed by atoms with van der Waals surface area (Å²) in [7, 11) is 0. The van der Waals surface area contributed by atoms with Crippen LogP contribution in [0.3, 0.4) is 0 Å². The topological polar surface area (TPSA) is 56.2 Å². The minimum absolute atomic E-state index is 0.171. The molecule has 0 saturated carbocycles. The van der Waals surface area contributed by atoms with E-state index in [1.807, 2.05) is 44.2 Å². The molecule has 1 heterocycles. The predicted octanol–water partition coefficient (Wildman–Crippen LogP) is 5.26. The molecule has 30 heavy (non-hydrogen) atoms. The quantitative estimate of drug-likeness (QED) is 0.550. The summed E-state index contributed by atoms with van der Waals surface area (Å²) in [5.74, 6) is 0.253. The number of carbonyl (C=O) groups excluding carboxylic acids is 1. The summed E-state index contributed by atoms with van der Waals surface area (Å²) in [6.07, 6.45) is -4.71. The molecule has 0 unspecified atom stereocenters. The van der Waals surface area contributed by atoms with Crippen LogP contribution < -0.4 is 10.1 Å². The number of carbonyl (C=O) groups is 1. The number of ether oxygens (including phenoxy) is 1. The monoisotopic (exact) mass is 435 g/mol. The number of benzene rings is 2. The normalized spacial score (nSPS) is 11.4. The van der Waals surface area contributed by atoms with E-state index in [4.69, 9.17) is 0 Å². The first kappa shape index (κ1) is 21.8. The van der Waals surface area contributed by atoms with Crippen molar-refractivity contribution in [2.24, 2.45) is 0 Å². The largest absolute Gasteiger partial charge is 0.573 e. The summed E-state index contributed by atoms with van der Waals surface area (Å²) in [5.41, 5.74) is 3.93. The lowest BCUT2D eigenvalue weighted by Gasteiger charge is -2.09. The molecule has 0 radical (unpaired) electrons. The number of rotatable bonds is 7. The van der Waals surface area contributed by atoms with E-state index in [0.717, 1.165) is 22.6 Å². The number of hydrogen-bond donors (Lipinski definition) is 1.